The number of aryl methyl sites for hydroxylation is 2. The Morgan fingerprint density at radius 1 is 1.65 bits per heavy atom. The van der Waals surface area contributed by atoms with Gasteiger partial charge in [-0.15, -0.1) is 11.3 Å². The maximum Gasteiger partial charge on any atom is 0.231 e. The second-order valence-corrected chi connectivity index (χ2v) is 5.27. The summed E-state index contributed by atoms with van der Waals surface area (Å²) in [6, 6.07) is 0. The van der Waals surface area contributed by atoms with E-state index in [0.29, 0.717) is 11.7 Å². The first-order valence-corrected chi connectivity index (χ1v) is 6.45. The molecule has 0 aliphatic carbocycles. The van der Waals surface area contributed by atoms with Crippen molar-refractivity contribution in [2.75, 3.05) is 11.9 Å². The predicted octanol–water partition coefficient (Wildman–Crippen LogP) is 1.09. The Morgan fingerprint density at radius 3 is 2.94 bits per heavy atom. The number of aromatic nitrogens is 1. The molecule has 0 aromatic carbocycles. The fourth-order valence-corrected chi connectivity index (χ4v) is 2.71. The second kappa shape index (κ2) is 4.83. The summed E-state index contributed by atoms with van der Waals surface area (Å²) >= 11 is 1.48. The Bertz CT molecular complexity index is 456. The number of carbonyl (C=O) groups excluding carboxylic acids is 2. The van der Waals surface area contributed by atoms with Crippen LogP contribution in [0.5, 0.6) is 0 Å². The highest BCUT2D eigenvalue weighted by Gasteiger charge is 2.28. The van der Waals surface area contributed by atoms with Crippen molar-refractivity contribution < 1.29 is 9.59 Å². The third-order valence-electron chi connectivity index (χ3n) is 2.81. The van der Waals surface area contributed by atoms with Crippen LogP contribution >= 0.6 is 11.3 Å². The molecule has 2 heterocycles. The van der Waals surface area contributed by atoms with Crippen LogP contribution in [0, 0.1) is 12.8 Å². The highest BCUT2D eigenvalue weighted by molar-refractivity contribution is 7.15. The molecule has 0 spiro atoms. The van der Waals surface area contributed by atoms with Crippen molar-refractivity contribution in [3.8, 4) is 0 Å². The number of nitrogens with one attached hydrogen (secondary N) is 2. The first-order valence-electron chi connectivity index (χ1n) is 5.64. The summed E-state index contributed by atoms with van der Waals surface area (Å²) in [5, 5.41) is 6.05. The van der Waals surface area contributed by atoms with Crippen molar-refractivity contribution in [1.82, 2.24) is 10.3 Å². The Morgan fingerprint density at radius 2 is 2.41 bits per heavy atom. The fourth-order valence-electron chi connectivity index (χ4n) is 1.81. The average Bonchev–Trinajstić information content (AvgIpc) is 2.85. The number of anilines is 1. The topological polar surface area (TPSA) is 71.1 Å². The summed E-state index contributed by atoms with van der Waals surface area (Å²) < 4.78 is 0. The zero-order valence-electron chi connectivity index (χ0n) is 9.87. The van der Waals surface area contributed by atoms with Gasteiger partial charge in [-0.2, -0.15) is 0 Å². The average molecular weight is 253 g/mol. The first kappa shape index (κ1) is 12.0. The molecule has 1 atom stereocenters. The smallest absolute Gasteiger partial charge is 0.231 e. The standard InChI is InChI=1S/C11H15N3O2S/c1-3-8-6(2)17-11(13-8)14-10(16)7-4-9(15)12-5-7/h7H,3-5H2,1-2H3,(H,12,15)(H,13,14,16). The molecule has 1 aromatic rings. The van der Waals surface area contributed by atoms with E-state index in [1.54, 1.807) is 0 Å². The van der Waals surface area contributed by atoms with E-state index in [1.165, 1.54) is 11.3 Å². The molecule has 1 aromatic heterocycles. The zero-order chi connectivity index (χ0) is 12.4. The van der Waals surface area contributed by atoms with Crippen LogP contribution in [-0.4, -0.2) is 23.3 Å². The van der Waals surface area contributed by atoms with Crippen molar-refractivity contribution in [1.29, 1.82) is 0 Å². The third-order valence-corrected chi connectivity index (χ3v) is 3.73. The molecule has 6 heteroatoms. The summed E-state index contributed by atoms with van der Waals surface area (Å²) in [4.78, 5) is 28.3. The molecule has 1 fully saturated rings. The van der Waals surface area contributed by atoms with Gasteiger partial charge in [-0.05, 0) is 13.3 Å². The van der Waals surface area contributed by atoms with Gasteiger partial charge in [0.25, 0.3) is 0 Å². The van der Waals surface area contributed by atoms with Crippen molar-refractivity contribution in [2.24, 2.45) is 5.92 Å². The van der Waals surface area contributed by atoms with Gasteiger partial charge in [-0.1, -0.05) is 6.92 Å². The van der Waals surface area contributed by atoms with E-state index in [1.807, 2.05) is 13.8 Å². The van der Waals surface area contributed by atoms with Crippen LogP contribution in [0.2, 0.25) is 0 Å². The van der Waals surface area contributed by atoms with Gasteiger partial charge < -0.3 is 10.6 Å². The molecule has 1 saturated heterocycles. The van der Waals surface area contributed by atoms with E-state index in [2.05, 4.69) is 15.6 Å². The molecular weight excluding hydrogens is 238 g/mol. The molecule has 1 unspecified atom stereocenters. The Kier molecular flexibility index (Phi) is 3.42. The molecule has 92 valence electrons. The van der Waals surface area contributed by atoms with Crippen LogP contribution in [0.3, 0.4) is 0 Å². The first-order chi connectivity index (χ1) is 8.10. The number of hydrogen-bond acceptors (Lipinski definition) is 4. The molecular formula is C11H15N3O2S. The maximum absolute atomic E-state index is 11.8. The van der Waals surface area contributed by atoms with Crippen LogP contribution in [0.25, 0.3) is 0 Å². The Labute approximate surface area is 104 Å². The summed E-state index contributed by atoms with van der Waals surface area (Å²) in [5.74, 6) is -0.453. The zero-order valence-corrected chi connectivity index (χ0v) is 10.7. The van der Waals surface area contributed by atoms with Gasteiger partial charge in [0, 0.05) is 17.8 Å². The van der Waals surface area contributed by atoms with E-state index in [4.69, 9.17) is 0 Å². The maximum atomic E-state index is 11.8. The lowest BCUT2D eigenvalue weighted by Crippen LogP contribution is -2.24. The third kappa shape index (κ3) is 2.63. The van der Waals surface area contributed by atoms with Gasteiger partial charge in [0.2, 0.25) is 11.8 Å². The quantitative estimate of drug-likeness (QED) is 0.847. The summed E-state index contributed by atoms with van der Waals surface area (Å²) in [6.07, 6.45) is 1.14. The van der Waals surface area contributed by atoms with E-state index >= 15 is 0 Å². The summed E-state index contributed by atoms with van der Waals surface area (Å²) in [5.41, 5.74) is 1.02. The van der Waals surface area contributed by atoms with Gasteiger partial charge in [0.05, 0.1) is 11.6 Å². The van der Waals surface area contributed by atoms with Gasteiger partial charge in [0.1, 0.15) is 0 Å². The largest absolute Gasteiger partial charge is 0.355 e. The normalized spacial score (nSPS) is 19.2. The number of nitrogens with zero attached hydrogens (tertiary/aromatic N) is 1. The van der Waals surface area contributed by atoms with E-state index in [9.17, 15) is 9.59 Å². The Hall–Kier alpha value is -1.43. The number of amides is 2. The minimum atomic E-state index is -0.267. The molecule has 0 saturated carbocycles. The summed E-state index contributed by atoms with van der Waals surface area (Å²) in [7, 11) is 0. The monoisotopic (exact) mass is 253 g/mol. The number of carbonyl (C=O) groups is 2. The highest BCUT2D eigenvalue weighted by Crippen LogP contribution is 2.23. The number of hydrogen-bond donors (Lipinski definition) is 2. The van der Waals surface area contributed by atoms with Crippen LogP contribution < -0.4 is 10.6 Å². The lowest BCUT2D eigenvalue weighted by molar-refractivity contribution is -0.123. The van der Waals surface area contributed by atoms with Crippen molar-refractivity contribution in [2.45, 2.75) is 26.7 Å². The molecule has 1 aliphatic heterocycles. The van der Waals surface area contributed by atoms with Gasteiger partial charge >= 0.3 is 0 Å². The molecule has 2 amide bonds. The van der Waals surface area contributed by atoms with E-state index < -0.39 is 0 Å². The molecule has 0 radical (unpaired) electrons. The SMILES string of the molecule is CCc1nc(NC(=O)C2CNC(=O)C2)sc1C. The van der Waals surface area contributed by atoms with E-state index in [0.717, 1.165) is 17.0 Å². The van der Waals surface area contributed by atoms with Gasteiger partial charge in [-0.25, -0.2) is 4.98 Å². The van der Waals surface area contributed by atoms with Crippen LogP contribution in [-0.2, 0) is 16.0 Å². The lowest BCUT2D eigenvalue weighted by Gasteiger charge is -2.05. The molecule has 2 N–H and O–H groups in total. The number of thiazole rings is 1. The summed E-state index contributed by atoms with van der Waals surface area (Å²) in [6.45, 7) is 4.45. The highest BCUT2D eigenvalue weighted by atomic mass is 32.1. The molecule has 0 bridgehead atoms. The van der Waals surface area contributed by atoms with Crippen molar-refractivity contribution in [3.63, 3.8) is 0 Å². The second-order valence-electron chi connectivity index (χ2n) is 4.07. The van der Waals surface area contributed by atoms with Crippen molar-refractivity contribution >= 4 is 28.3 Å². The molecule has 17 heavy (non-hydrogen) atoms. The fraction of sp³-hybridized carbons (Fsp3) is 0.545. The van der Waals surface area contributed by atoms with Crippen molar-refractivity contribution in [3.05, 3.63) is 10.6 Å². The van der Waals surface area contributed by atoms with E-state index in [-0.39, 0.29) is 24.2 Å². The van der Waals surface area contributed by atoms with Crippen LogP contribution in [0.4, 0.5) is 5.13 Å². The minimum absolute atomic E-state index is 0.0604. The number of rotatable bonds is 3. The minimum Gasteiger partial charge on any atom is -0.355 e. The van der Waals surface area contributed by atoms with Gasteiger partial charge in [-0.3, -0.25) is 9.59 Å². The van der Waals surface area contributed by atoms with Gasteiger partial charge in [0.15, 0.2) is 5.13 Å². The molecule has 1 aliphatic rings. The van der Waals surface area contributed by atoms with Crippen LogP contribution in [0.15, 0.2) is 0 Å². The molecule has 2 rings (SSSR count). The lowest BCUT2D eigenvalue weighted by atomic mass is 10.1. The predicted molar refractivity (Wildman–Crippen MR) is 66.0 cm³/mol. The molecule has 5 nitrogen and oxygen atoms in total. The Balaban J connectivity index is 2.00. The van der Waals surface area contributed by atoms with Crippen LogP contribution in [0.1, 0.15) is 23.9 Å².